The predicted octanol–water partition coefficient (Wildman–Crippen LogP) is 4.95. The van der Waals surface area contributed by atoms with E-state index in [9.17, 15) is 9.59 Å². The Morgan fingerprint density at radius 1 is 1.07 bits per heavy atom. The predicted molar refractivity (Wildman–Crippen MR) is 161 cm³/mol. The molecule has 0 saturated carbocycles. The first-order chi connectivity index (χ1) is 20.8. The van der Waals surface area contributed by atoms with Crippen molar-refractivity contribution in [3.8, 4) is 11.5 Å². The number of halogens is 2. The highest BCUT2D eigenvalue weighted by Gasteiger charge is 2.28. The van der Waals surface area contributed by atoms with Gasteiger partial charge in [0.05, 0.1) is 25.9 Å². The molecule has 2 aromatic heterocycles. The molecule has 43 heavy (non-hydrogen) atoms. The fourth-order valence-electron chi connectivity index (χ4n) is 5.30. The van der Waals surface area contributed by atoms with Gasteiger partial charge in [-0.05, 0) is 36.4 Å². The number of likely N-dealkylation sites (N-methyl/N-ethyl adjacent to an activating group) is 1. The van der Waals surface area contributed by atoms with E-state index in [0.29, 0.717) is 28.7 Å². The first kappa shape index (κ1) is 29.7. The number of carbonyl (C=O) groups is 2. The zero-order chi connectivity index (χ0) is 30.7. The number of piperazine rings is 1. The molecule has 0 atom stereocenters. The van der Waals surface area contributed by atoms with Crippen molar-refractivity contribution < 1.29 is 27.8 Å². The van der Waals surface area contributed by atoms with E-state index in [4.69, 9.17) is 9.47 Å². The minimum atomic E-state index is -1.12. The van der Waals surface area contributed by atoms with Gasteiger partial charge in [0, 0.05) is 72.9 Å². The first-order valence-electron chi connectivity index (χ1n) is 13.9. The van der Waals surface area contributed by atoms with E-state index in [1.165, 1.54) is 26.5 Å². The van der Waals surface area contributed by atoms with Gasteiger partial charge in [0.15, 0.2) is 23.1 Å². The van der Waals surface area contributed by atoms with Gasteiger partial charge in [-0.3, -0.25) is 14.6 Å². The molecule has 2 N–H and O–H groups in total. The molecule has 4 aromatic rings. The van der Waals surface area contributed by atoms with Crippen LogP contribution >= 0.6 is 0 Å². The molecule has 0 aliphatic carbocycles. The Kier molecular flexibility index (Phi) is 8.72. The van der Waals surface area contributed by atoms with Crippen LogP contribution in [-0.4, -0.2) is 73.5 Å². The van der Waals surface area contributed by atoms with Crippen molar-refractivity contribution in [1.29, 1.82) is 0 Å². The zero-order valence-corrected chi connectivity index (χ0v) is 24.3. The molecular weight excluding hydrogens is 556 g/mol. The number of nitrogens with one attached hydrogen (secondary N) is 2. The van der Waals surface area contributed by atoms with Crippen LogP contribution in [0.25, 0.3) is 10.9 Å². The number of ketones is 1. The highest BCUT2D eigenvalue weighted by atomic mass is 19.1. The number of carbonyl (C=O) groups excluding carboxylic acids is 2. The van der Waals surface area contributed by atoms with Crippen molar-refractivity contribution in [2.45, 2.75) is 13.3 Å². The van der Waals surface area contributed by atoms with Crippen LogP contribution in [0.5, 0.6) is 11.5 Å². The Bertz CT molecular complexity index is 1670. The maximum atomic E-state index is 15.1. The SMILES string of the molecule is C=CC(=O)Nc1cc(N2CCN(CC)CC2)ccc1Cc1cc2c(C(=O)c3c(F)c(OC)cc(OC)c3F)c[nH]c2cn1. The van der Waals surface area contributed by atoms with Gasteiger partial charge < -0.3 is 29.6 Å². The van der Waals surface area contributed by atoms with E-state index in [2.05, 4.69) is 38.6 Å². The summed E-state index contributed by atoms with van der Waals surface area (Å²) in [5.41, 5.74) is 2.82. The van der Waals surface area contributed by atoms with Gasteiger partial charge in [-0.25, -0.2) is 8.78 Å². The van der Waals surface area contributed by atoms with Crippen LogP contribution in [0.3, 0.4) is 0 Å². The molecule has 1 aliphatic heterocycles. The van der Waals surface area contributed by atoms with Crippen molar-refractivity contribution >= 4 is 34.0 Å². The van der Waals surface area contributed by atoms with Crippen LogP contribution < -0.4 is 19.7 Å². The van der Waals surface area contributed by atoms with Gasteiger partial charge in [-0.2, -0.15) is 0 Å². The van der Waals surface area contributed by atoms with Gasteiger partial charge in [0.1, 0.15) is 5.56 Å². The smallest absolute Gasteiger partial charge is 0.247 e. The standard InChI is InChI=1S/C32H33F2N5O4/c1-5-28(40)37-24-15-21(39-11-9-38(6-2)10-12-39)8-7-19(24)13-20-14-22-23(17-36-25(22)18-35-20)32(41)29-30(33)26(42-3)16-27(43-4)31(29)34/h5,7-8,14-18,36H,1,6,9-13H2,2-4H3,(H,37,40). The second kappa shape index (κ2) is 12.6. The number of fused-ring (bicyclic) bond motifs is 1. The maximum Gasteiger partial charge on any atom is 0.247 e. The molecule has 0 radical (unpaired) electrons. The van der Waals surface area contributed by atoms with E-state index in [1.807, 2.05) is 18.2 Å². The van der Waals surface area contributed by atoms with Crippen LogP contribution in [0.15, 0.2) is 55.4 Å². The highest BCUT2D eigenvalue weighted by molar-refractivity contribution is 6.17. The fourth-order valence-corrected chi connectivity index (χ4v) is 5.30. The number of nitrogens with zero attached hydrogens (tertiary/aromatic N) is 3. The Balaban J connectivity index is 1.48. The highest BCUT2D eigenvalue weighted by Crippen LogP contribution is 2.34. The third kappa shape index (κ3) is 5.94. The van der Waals surface area contributed by atoms with Crippen LogP contribution in [-0.2, 0) is 11.2 Å². The Labute approximate surface area is 248 Å². The molecular formula is C32H33F2N5O4. The van der Waals surface area contributed by atoms with E-state index in [1.54, 1.807) is 12.3 Å². The lowest BCUT2D eigenvalue weighted by molar-refractivity contribution is -0.111. The van der Waals surface area contributed by atoms with Gasteiger partial charge >= 0.3 is 0 Å². The molecule has 0 spiro atoms. The lowest BCUT2D eigenvalue weighted by Gasteiger charge is -2.35. The van der Waals surface area contributed by atoms with Crippen LogP contribution in [0.2, 0.25) is 0 Å². The number of H-pyrrole nitrogens is 1. The summed E-state index contributed by atoms with van der Waals surface area (Å²) in [7, 11) is 2.44. The summed E-state index contributed by atoms with van der Waals surface area (Å²) in [4.78, 5) is 38.0. The van der Waals surface area contributed by atoms with Crippen molar-refractivity contribution in [3.63, 3.8) is 0 Å². The zero-order valence-electron chi connectivity index (χ0n) is 24.3. The summed E-state index contributed by atoms with van der Waals surface area (Å²) >= 11 is 0. The van der Waals surface area contributed by atoms with Gasteiger partial charge in [-0.15, -0.1) is 0 Å². The molecule has 0 bridgehead atoms. The lowest BCUT2D eigenvalue weighted by Crippen LogP contribution is -2.46. The average molecular weight is 590 g/mol. The second-order valence-electron chi connectivity index (χ2n) is 10.2. The molecule has 1 amide bonds. The monoisotopic (exact) mass is 589 g/mol. The van der Waals surface area contributed by atoms with Crippen molar-refractivity contribution in [3.05, 3.63) is 89.4 Å². The number of hydrogen-bond donors (Lipinski definition) is 2. The number of ether oxygens (including phenoxy) is 2. The minimum absolute atomic E-state index is 0.0634. The molecule has 1 saturated heterocycles. The molecule has 9 nitrogen and oxygen atoms in total. The number of rotatable bonds is 10. The molecule has 2 aromatic carbocycles. The Morgan fingerprint density at radius 3 is 2.40 bits per heavy atom. The average Bonchev–Trinajstić information content (AvgIpc) is 3.45. The third-order valence-corrected chi connectivity index (χ3v) is 7.76. The van der Waals surface area contributed by atoms with Crippen molar-refractivity contribution in [1.82, 2.24) is 14.9 Å². The van der Waals surface area contributed by atoms with E-state index in [0.717, 1.165) is 50.0 Å². The quantitative estimate of drug-likeness (QED) is 0.200. The number of anilines is 2. The summed E-state index contributed by atoms with van der Waals surface area (Å²) in [6.07, 6.45) is 4.49. The van der Waals surface area contributed by atoms with Gasteiger partial charge in [0.25, 0.3) is 0 Å². The maximum absolute atomic E-state index is 15.1. The largest absolute Gasteiger partial charge is 0.494 e. The summed E-state index contributed by atoms with van der Waals surface area (Å²) in [5, 5.41) is 3.35. The number of hydrogen-bond acceptors (Lipinski definition) is 7. The number of pyridine rings is 1. The van der Waals surface area contributed by atoms with Gasteiger partial charge in [-0.1, -0.05) is 19.6 Å². The normalized spacial score (nSPS) is 13.7. The molecule has 0 unspecified atom stereocenters. The topological polar surface area (TPSA) is 99.8 Å². The second-order valence-corrected chi connectivity index (χ2v) is 10.2. The lowest BCUT2D eigenvalue weighted by atomic mass is 9.99. The number of aromatic amines is 1. The van der Waals surface area contributed by atoms with Crippen LogP contribution in [0.1, 0.15) is 34.1 Å². The molecule has 11 heteroatoms. The van der Waals surface area contributed by atoms with E-state index >= 15 is 8.78 Å². The van der Waals surface area contributed by atoms with E-state index < -0.39 is 23.0 Å². The van der Waals surface area contributed by atoms with Gasteiger partial charge in [0.2, 0.25) is 11.7 Å². The molecule has 3 heterocycles. The Morgan fingerprint density at radius 2 is 1.77 bits per heavy atom. The fraction of sp³-hybridized carbons (Fsp3) is 0.281. The molecule has 224 valence electrons. The summed E-state index contributed by atoms with van der Waals surface area (Å²) in [6, 6.07) is 8.67. The van der Waals surface area contributed by atoms with Crippen LogP contribution in [0.4, 0.5) is 20.2 Å². The van der Waals surface area contributed by atoms with Crippen molar-refractivity contribution in [2.24, 2.45) is 0 Å². The summed E-state index contributed by atoms with van der Waals surface area (Å²) < 4.78 is 40.2. The molecule has 1 aliphatic rings. The number of methoxy groups -OCH3 is 2. The summed E-state index contributed by atoms with van der Waals surface area (Å²) in [5.74, 6) is -4.07. The Hall–Kier alpha value is -4.77. The first-order valence-corrected chi connectivity index (χ1v) is 13.9. The van der Waals surface area contributed by atoms with Crippen molar-refractivity contribution in [2.75, 3.05) is 57.2 Å². The molecule has 1 fully saturated rings. The third-order valence-electron chi connectivity index (χ3n) is 7.76. The number of amides is 1. The minimum Gasteiger partial charge on any atom is -0.494 e. The number of benzene rings is 2. The van der Waals surface area contributed by atoms with Crippen LogP contribution in [0, 0.1) is 11.6 Å². The number of aromatic nitrogens is 2. The molecule has 5 rings (SSSR count). The summed E-state index contributed by atoms with van der Waals surface area (Å²) in [6.45, 7) is 10.4. The van der Waals surface area contributed by atoms with E-state index in [-0.39, 0.29) is 23.0 Å².